The van der Waals surface area contributed by atoms with Gasteiger partial charge in [0.1, 0.15) is 5.75 Å². The summed E-state index contributed by atoms with van der Waals surface area (Å²) >= 11 is 5.87. The minimum atomic E-state index is -0.251. The summed E-state index contributed by atoms with van der Waals surface area (Å²) in [6.07, 6.45) is 5.90. The van der Waals surface area contributed by atoms with E-state index in [1.165, 1.54) is 0 Å². The van der Waals surface area contributed by atoms with Crippen molar-refractivity contribution in [1.29, 1.82) is 0 Å². The smallest absolute Gasteiger partial charge is 0.410 e. The van der Waals surface area contributed by atoms with E-state index in [9.17, 15) is 9.59 Å². The van der Waals surface area contributed by atoms with E-state index < -0.39 is 0 Å². The fourth-order valence-electron chi connectivity index (χ4n) is 3.96. The number of carbonyl (C=O) groups excluding carboxylic acids is 2. The third-order valence-electron chi connectivity index (χ3n) is 5.76. The molecule has 6 heteroatoms. The van der Waals surface area contributed by atoms with E-state index in [2.05, 4.69) is 12.2 Å². The maximum absolute atomic E-state index is 12.7. The maximum atomic E-state index is 12.7. The molecule has 1 aliphatic heterocycles. The molecule has 5 nitrogen and oxygen atoms in total. The van der Waals surface area contributed by atoms with E-state index in [0.717, 1.165) is 45.1 Å². The van der Waals surface area contributed by atoms with E-state index in [4.69, 9.17) is 16.3 Å². The van der Waals surface area contributed by atoms with Crippen molar-refractivity contribution in [3.05, 3.63) is 65.2 Å². The number of benzene rings is 2. The SMILES string of the molecule is CC(CCCC1CCCCN1C(=O)Oc1ccccc1)CNC(=O)c1ccc(Cl)cc1. The van der Waals surface area contributed by atoms with Crippen molar-refractivity contribution in [2.24, 2.45) is 5.92 Å². The van der Waals surface area contributed by atoms with Gasteiger partial charge in [0.05, 0.1) is 0 Å². The van der Waals surface area contributed by atoms with Gasteiger partial charge < -0.3 is 15.0 Å². The Morgan fingerprint density at radius 2 is 1.87 bits per heavy atom. The van der Waals surface area contributed by atoms with Crippen molar-refractivity contribution in [3.63, 3.8) is 0 Å². The first-order chi connectivity index (χ1) is 15.0. The highest BCUT2D eigenvalue weighted by Crippen LogP contribution is 2.24. The van der Waals surface area contributed by atoms with Crippen LogP contribution in [0.3, 0.4) is 0 Å². The van der Waals surface area contributed by atoms with E-state index >= 15 is 0 Å². The Kier molecular flexibility index (Phi) is 8.77. The molecule has 0 bridgehead atoms. The Labute approximate surface area is 189 Å². The number of amides is 2. The molecule has 2 unspecified atom stereocenters. The predicted octanol–water partition coefficient (Wildman–Crippen LogP) is 5.93. The number of carbonyl (C=O) groups is 2. The molecular formula is C25H31ClN2O3. The van der Waals surface area contributed by atoms with Gasteiger partial charge in [-0.1, -0.05) is 43.1 Å². The highest BCUT2D eigenvalue weighted by molar-refractivity contribution is 6.30. The molecule has 0 radical (unpaired) electrons. The Hall–Kier alpha value is -2.53. The van der Waals surface area contributed by atoms with Crippen LogP contribution in [0.15, 0.2) is 54.6 Å². The van der Waals surface area contributed by atoms with E-state index in [1.54, 1.807) is 36.4 Å². The van der Waals surface area contributed by atoms with E-state index in [-0.39, 0.29) is 18.0 Å². The highest BCUT2D eigenvalue weighted by atomic mass is 35.5. The zero-order chi connectivity index (χ0) is 22.1. The van der Waals surface area contributed by atoms with Crippen LogP contribution < -0.4 is 10.1 Å². The molecule has 2 amide bonds. The molecule has 0 aliphatic carbocycles. The zero-order valence-electron chi connectivity index (χ0n) is 18.1. The Morgan fingerprint density at radius 3 is 2.61 bits per heavy atom. The van der Waals surface area contributed by atoms with Crippen molar-refractivity contribution in [2.75, 3.05) is 13.1 Å². The number of nitrogens with one attached hydrogen (secondary N) is 1. The summed E-state index contributed by atoms with van der Waals surface area (Å²) in [6, 6.07) is 16.4. The number of likely N-dealkylation sites (tertiary alicyclic amines) is 1. The summed E-state index contributed by atoms with van der Waals surface area (Å²) in [5, 5.41) is 3.61. The molecule has 1 aliphatic rings. The Bertz CT molecular complexity index is 842. The lowest BCUT2D eigenvalue weighted by Crippen LogP contribution is -2.45. The average molecular weight is 443 g/mol. The summed E-state index contributed by atoms with van der Waals surface area (Å²) in [5.41, 5.74) is 0.617. The summed E-state index contributed by atoms with van der Waals surface area (Å²) in [5.74, 6) is 0.872. The van der Waals surface area contributed by atoms with Crippen LogP contribution in [0.1, 0.15) is 55.8 Å². The van der Waals surface area contributed by atoms with Gasteiger partial charge in [-0.3, -0.25) is 4.79 Å². The van der Waals surface area contributed by atoms with Crippen LogP contribution in [-0.2, 0) is 0 Å². The van der Waals surface area contributed by atoms with Crippen molar-refractivity contribution >= 4 is 23.6 Å². The molecule has 0 spiro atoms. The molecule has 1 N–H and O–H groups in total. The average Bonchev–Trinajstić information content (AvgIpc) is 2.79. The van der Waals surface area contributed by atoms with Gasteiger partial charge in [-0.2, -0.15) is 0 Å². The normalized spacial score (nSPS) is 17.1. The number of para-hydroxylation sites is 1. The van der Waals surface area contributed by atoms with Gasteiger partial charge in [0.2, 0.25) is 0 Å². The molecule has 1 saturated heterocycles. The molecule has 31 heavy (non-hydrogen) atoms. The highest BCUT2D eigenvalue weighted by Gasteiger charge is 2.28. The van der Waals surface area contributed by atoms with Gasteiger partial charge in [0, 0.05) is 29.7 Å². The summed E-state index contributed by atoms with van der Waals surface area (Å²) in [6.45, 7) is 3.53. The van der Waals surface area contributed by atoms with Crippen molar-refractivity contribution in [1.82, 2.24) is 10.2 Å². The van der Waals surface area contributed by atoms with Gasteiger partial charge in [-0.15, -0.1) is 0 Å². The maximum Gasteiger partial charge on any atom is 0.415 e. The standard InChI is InChI=1S/C25H31ClN2O3/c1-19(18-27-24(29)20-13-15-21(26)16-14-20)8-7-10-22-9-5-6-17-28(22)25(30)31-23-11-3-2-4-12-23/h2-4,11-16,19,22H,5-10,17-18H2,1H3,(H,27,29). The number of piperidine rings is 1. The van der Waals surface area contributed by atoms with Crippen molar-refractivity contribution in [3.8, 4) is 5.75 Å². The van der Waals surface area contributed by atoms with E-state index in [1.807, 2.05) is 23.1 Å². The third-order valence-corrected chi connectivity index (χ3v) is 6.01. The summed E-state index contributed by atoms with van der Waals surface area (Å²) in [4.78, 5) is 26.8. The number of rotatable bonds is 8. The minimum Gasteiger partial charge on any atom is -0.410 e. The molecule has 0 saturated carbocycles. The topological polar surface area (TPSA) is 58.6 Å². The largest absolute Gasteiger partial charge is 0.415 e. The molecule has 166 valence electrons. The minimum absolute atomic E-state index is 0.0781. The van der Waals surface area contributed by atoms with Gasteiger partial charge in [0.15, 0.2) is 0 Å². The van der Waals surface area contributed by atoms with Crippen LogP contribution in [-0.4, -0.2) is 36.0 Å². The number of halogens is 1. The number of nitrogens with zero attached hydrogens (tertiary/aromatic N) is 1. The van der Waals surface area contributed by atoms with Gasteiger partial charge in [0.25, 0.3) is 5.91 Å². The first kappa shape index (κ1) is 23.1. The van der Waals surface area contributed by atoms with Crippen LogP contribution >= 0.6 is 11.6 Å². The molecular weight excluding hydrogens is 412 g/mol. The number of ether oxygens (including phenoxy) is 1. The van der Waals surface area contributed by atoms with Crippen molar-refractivity contribution < 1.29 is 14.3 Å². The molecule has 2 aromatic carbocycles. The lowest BCUT2D eigenvalue weighted by atomic mass is 9.95. The van der Waals surface area contributed by atoms with Crippen molar-refractivity contribution in [2.45, 2.75) is 51.5 Å². The fraction of sp³-hybridized carbons (Fsp3) is 0.440. The third kappa shape index (κ3) is 7.28. The van der Waals surface area contributed by atoms with Gasteiger partial charge >= 0.3 is 6.09 Å². The first-order valence-electron chi connectivity index (χ1n) is 11.1. The molecule has 1 fully saturated rings. The summed E-state index contributed by atoms with van der Waals surface area (Å²) < 4.78 is 5.56. The quantitative estimate of drug-likeness (QED) is 0.551. The molecule has 0 aromatic heterocycles. The van der Waals surface area contributed by atoms with Gasteiger partial charge in [-0.05, 0) is 74.4 Å². The van der Waals surface area contributed by atoms with Gasteiger partial charge in [-0.25, -0.2) is 4.79 Å². The fourth-order valence-corrected chi connectivity index (χ4v) is 4.09. The zero-order valence-corrected chi connectivity index (χ0v) is 18.8. The molecule has 2 aromatic rings. The Morgan fingerprint density at radius 1 is 1.13 bits per heavy atom. The summed E-state index contributed by atoms with van der Waals surface area (Å²) in [7, 11) is 0. The molecule has 1 heterocycles. The van der Waals surface area contributed by atoms with E-state index in [0.29, 0.717) is 28.8 Å². The van der Waals surface area contributed by atoms with Crippen LogP contribution in [0, 0.1) is 5.92 Å². The predicted molar refractivity (Wildman–Crippen MR) is 124 cm³/mol. The molecule has 2 atom stereocenters. The molecule has 3 rings (SSSR count). The van der Waals surface area contributed by atoms with Crippen LogP contribution in [0.2, 0.25) is 5.02 Å². The van der Waals surface area contributed by atoms with Crippen LogP contribution in [0.5, 0.6) is 5.75 Å². The van der Waals surface area contributed by atoms with Crippen LogP contribution in [0.25, 0.3) is 0 Å². The Balaban J connectivity index is 1.40. The second kappa shape index (κ2) is 11.8. The lowest BCUT2D eigenvalue weighted by Gasteiger charge is -2.35. The number of hydrogen-bond acceptors (Lipinski definition) is 3. The number of hydrogen-bond donors (Lipinski definition) is 1. The monoisotopic (exact) mass is 442 g/mol. The first-order valence-corrected chi connectivity index (χ1v) is 11.5. The van der Waals surface area contributed by atoms with Crippen LogP contribution in [0.4, 0.5) is 4.79 Å². The lowest BCUT2D eigenvalue weighted by molar-refractivity contribution is 0.0944. The second-order valence-corrected chi connectivity index (χ2v) is 8.71. The second-order valence-electron chi connectivity index (χ2n) is 8.28.